The SMILES string of the molecule is C[C@H]1CNCCN1C(=O)c1ccc(OCc2ccncc2)cc1.Cl. The topological polar surface area (TPSA) is 54.5 Å². The van der Waals surface area contributed by atoms with Gasteiger partial charge in [0.1, 0.15) is 12.4 Å². The molecule has 1 fully saturated rings. The summed E-state index contributed by atoms with van der Waals surface area (Å²) < 4.78 is 5.73. The number of benzene rings is 1. The minimum Gasteiger partial charge on any atom is -0.489 e. The second kappa shape index (κ2) is 8.66. The Balaban J connectivity index is 0.00000208. The van der Waals surface area contributed by atoms with Gasteiger partial charge in [0, 0.05) is 43.6 Å². The van der Waals surface area contributed by atoms with Crippen LogP contribution in [0.25, 0.3) is 0 Å². The quantitative estimate of drug-likeness (QED) is 0.923. The lowest BCUT2D eigenvalue weighted by Crippen LogP contribution is -2.52. The van der Waals surface area contributed by atoms with Gasteiger partial charge in [0.2, 0.25) is 0 Å². The molecular weight excluding hydrogens is 326 g/mol. The van der Waals surface area contributed by atoms with E-state index < -0.39 is 0 Å². The standard InChI is InChI=1S/C18H21N3O2.ClH/c1-14-12-20-10-11-21(14)18(22)16-2-4-17(5-3-16)23-13-15-6-8-19-9-7-15;/h2-9,14,20H,10-13H2,1H3;1H/t14-;/m0./s1. The lowest BCUT2D eigenvalue weighted by Gasteiger charge is -2.34. The molecule has 1 aromatic heterocycles. The van der Waals surface area contributed by atoms with Crippen molar-refractivity contribution in [3.05, 3.63) is 59.9 Å². The molecule has 1 amide bonds. The van der Waals surface area contributed by atoms with Crippen LogP contribution in [-0.2, 0) is 6.61 Å². The third kappa shape index (κ3) is 4.46. The lowest BCUT2D eigenvalue weighted by atomic mass is 10.1. The van der Waals surface area contributed by atoms with Crippen LogP contribution in [0.1, 0.15) is 22.8 Å². The summed E-state index contributed by atoms with van der Waals surface area (Å²) in [5.41, 5.74) is 1.77. The first-order valence-corrected chi connectivity index (χ1v) is 7.87. The Bertz CT molecular complexity index is 649. The number of carbonyl (C=O) groups excluding carboxylic acids is 1. The summed E-state index contributed by atoms with van der Waals surface area (Å²) in [6, 6.07) is 11.4. The summed E-state index contributed by atoms with van der Waals surface area (Å²) in [4.78, 5) is 18.5. The summed E-state index contributed by atoms with van der Waals surface area (Å²) in [7, 11) is 0. The van der Waals surface area contributed by atoms with Gasteiger partial charge in [0.25, 0.3) is 5.91 Å². The summed E-state index contributed by atoms with van der Waals surface area (Å²) >= 11 is 0. The lowest BCUT2D eigenvalue weighted by molar-refractivity contribution is 0.0655. The van der Waals surface area contributed by atoms with E-state index in [2.05, 4.69) is 17.2 Å². The summed E-state index contributed by atoms with van der Waals surface area (Å²) in [6.45, 7) is 5.00. The molecule has 0 spiro atoms. The molecule has 1 atom stereocenters. The molecule has 1 aromatic carbocycles. The number of pyridine rings is 1. The van der Waals surface area contributed by atoms with Gasteiger partial charge in [-0.25, -0.2) is 0 Å². The highest BCUT2D eigenvalue weighted by Crippen LogP contribution is 2.16. The van der Waals surface area contributed by atoms with E-state index in [1.807, 2.05) is 41.3 Å². The fourth-order valence-corrected chi connectivity index (χ4v) is 2.65. The molecule has 2 aromatic rings. The van der Waals surface area contributed by atoms with Crippen molar-refractivity contribution < 1.29 is 9.53 Å². The van der Waals surface area contributed by atoms with Crippen LogP contribution in [-0.4, -0.2) is 41.5 Å². The molecule has 128 valence electrons. The number of piperazine rings is 1. The fourth-order valence-electron chi connectivity index (χ4n) is 2.65. The number of aromatic nitrogens is 1. The highest BCUT2D eigenvalue weighted by molar-refractivity contribution is 5.94. The van der Waals surface area contributed by atoms with Gasteiger partial charge in [-0.05, 0) is 48.9 Å². The van der Waals surface area contributed by atoms with E-state index in [0.717, 1.165) is 30.9 Å². The summed E-state index contributed by atoms with van der Waals surface area (Å²) in [5, 5.41) is 3.29. The van der Waals surface area contributed by atoms with Gasteiger partial charge in [0.05, 0.1) is 0 Å². The number of halogens is 1. The van der Waals surface area contributed by atoms with E-state index in [4.69, 9.17) is 4.74 Å². The number of hydrogen-bond acceptors (Lipinski definition) is 4. The summed E-state index contributed by atoms with van der Waals surface area (Å²) in [5.74, 6) is 0.839. The molecule has 0 saturated carbocycles. The predicted octanol–water partition coefficient (Wildman–Crippen LogP) is 2.52. The van der Waals surface area contributed by atoms with Gasteiger partial charge >= 0.3 is 0 Å². The van der Waals surface area contributed by atoms with Crippen LogP contribution in [0.15, 0.2) is 48.8 Å². The maximum atomic E-state index is 12.6. The zero-order chi connectivity index (χ0) is 16.1. The molecule has 0 unspecified atom stereocenters. The normalized spacial score (nSPS) is 17.0. The Labute approximate surface area is 148 Å². The van der Waals surface area contributed by atoms with Crippen molar-refractivity contribution in [2.24, 2.45) is 0 Å². The van der Waals surface area contributed by atoms with Crippen molar-refractivity contribution in [3.63, 3.8) is 0 Å². The van der Waals surface area contributed by atoms with Crippen LogP contribution < -0.4 is 10.1 Å². The van der Waals surface area contributed by atoms with Crippen molar-refractivity contribution in [1.29, 1.82) is 0 Å². The van der Waals surface area contributed by atoms with E-state index >= 15 is 0 Å². The molecule has 1 saturated heterocycles. The van der Waals surface area contributed by atoms with Gasteiger partial charge in [-0.15, -0.1) is 12.4 Å². The van der Waals surface area contributed by atoms with E-state index in [9.17, 15) is 4.79 Å². The zero-order valence-corrected chi connectivity index (χ0v) is 14.5. The van der Waals surface area contributed by atoms with Crippen molar-refractivity contribution in [2.45, 2.75) is 19.6 Å². The van der Waals surface area contributed by atoms with Gasteiger partial charge in [0.15, 0.2) is 0 Å². The first-order valence-electron chi connectivity index (χ1n) is 7.87. The van der Waals surface area contributed by atoms with E-state index in [1.165, 1.54) is 0 Å². The third-order valence-electron chi connectivity index (χ3n) is 4.02. The Morgan fingerprint density at radius 1 is 1.25 bits per heavy atom. The Kier molecular flexibility index (Phi) is 6.58. The monoisotopic (exact) mass is 347 g/mol. The van der Waals surface area contributed by atoms with Gasteiger partial charge in [-0.1, -0.05) is 0 Å². The van der Waals surface area contributed by atoms with Crippen LogP contribution in [0.5, 0.6) is 5.75 Å². The fraction of sp³-hybridized carbons (Fsp3) is 0.333. The average molecular weight is 348 g/mol. The number of hydrogen-bond donors (Lipinski definition) is 1. The Morgan fingerprint density at radius 3 is 2.62 bits per heavy atom. The van der Waals surface area contributed by atoms with Crippen molar-refractivity contribution in [2.75, 3.05) is 19.6 Å². The predicted molar refractivity (Wildman–Crippen MR) is 95.6 cm³/mol. The minimum absolute atomic E-state index is 0. The van der Waals surface area contributed by atoms with Gasteiger partial charge < -0.3 is 15.0 Å². The second-order valence-electron chi connectivity index (χ2n) is 5.72. The van der Waals surface area contributed by atoms with E-state index in [0.29, 0.717) is 12.2 Å². The van der Waals surface area contributed by atoms with Crippen molar-refractivity contribution >= 4 is 18.3 Å². The van der Waals surface area contributed by atoms with Gasteiger partial charge in [-0.2, -0.15) is 0 Å². The number of amides is 1. The third-order valence-corrected chi connectivity index (χ3v) is 4.02. The molecule has 1 aliphatic heterocycles. The van der Waals surface area contributed by atoms with Crippen LogP contribution >= 0.6 is 12.4 Å². The van der Waals surface area contributed by atoms with Crippen LogP contribution in [0.2, 0.25) is 0 Å². The molecule has 1 N–H and O–H groups in total. The zero-order valence-electron chi connectivity index (χ0n) is 13.6. The number of ether oxygens (including phenoxy) is 1. The molecule has 1 aliphatic rings. The largest absolute Gasteiger partial charge is 0.489 e. The molecule has 6 heteroatoms. The first-order chi connectivity index (χ1) is 11.2. The second-order valence-corrected chi connectivity index (χ2v) is 5.72. The summed E-state index contributed by atoms with van der Waals surface area (Å²) in [6.07, 6.45) is 3.49. The number of nitrogens with one attached hydrogen (secondary N) is 1. The molecule has 3 rings (SSSR count). The van der Waals surface area contributed by atoms with Crippen molar-refractivity contribution in [1.82, 2.24) is 15.2 Å². The van der Waals surface area contributed by atoms with E-state index in [1.54, 1.807) is 12.4 Å². The maximum absolute atomic E-state index is 12.6. The maximum Gasteiger partial charge on any atom is 0.254 e. The van der Waals surface area contributed by atoms with Crippen LogP contribution in [0.4, 0.5) is 0 Å². The number of nitrogens with zero attached hydrogens (tertiary/aromatic N) is 2. The molecule has 0 bridgehead atoms. The number of carbonyl (C=O) groups is 1. The van der Waals surface area contributed by atoms with Crippen molar-refractivity contribution in [3.8, 4) is 5.75 Å². The minimum atomic E-state index is 0. The molecule has 24 heavy (non-hydrogen) atoms. The first kappa shape index (κ1) is 18.2. The molecule has 0 aliphatic carbocycles. The molecular formula is C18H22ClN3O2. The number of rotatable bonds is 4. The van der Waals surface area contributed by atoms with Crippen LogP contribution in [0.3, 0.4) is 0 Å². The van der Waals surface area contributed by atoms with E-state index in [-0.39, 0.29) is 24.4 Å². The average Bonchev–Trinajstić information content (AvgIpc) is 2.61. The molecule has 5 nitrogen and oxygen atoms in total. The smallest absolute Gasteiger partial charge is 0.254 e. The highest BCUT2D eigenvalue weighted by Gasteiger charge is 2.23. The molecule has 2 heterocycles. The van der Waals surface area contributed by atoms with Gasteiger partial charge in [-0.3, -0.25) is 9.78 Å². The van der Waals surface area contributed by atoms with Crippen LogP contribution in [0, 0.1) is 0 Å². The Hall–Kier alpha value is -2.11. The Morgan fingerprint density at radius 2 is 1.96 bits per heavy atom. The molecule has 0 radical (unpaired) electrons. The highest BCUT2D eigenvalue weighted by atomic mass is 35.5.